The average Bonchev–Trinajstić information content (AvgIpc) is 2.87. The standard InChI is InChI=1S/C12H14O6.C12H14O5.2CH4/c1-8-9(17-6-13)4-5-10(18-7-15-2)11(8)12(14)16-3;1-8-9(6-13)4-5-10(17-7-15-2)11(8)12(14)16-3;;/h4-6H,7H2,1-3H3;4-6H,7H2,1-3H3;2*1H4. The van der Waals surface area contributed by atoms with Gasteiger partial charge in [0.1, 0.15) is 34.7 Å². The van der Waals surface area contributed by atoms with Gasteiger partial charge in [0.05, 0.1) is 14.2 Å². The lowest BCUT2D eigenvalue weighted by molar-refractivity contribution is -0.120. The Bertz CT molecular complexity index is 1030. The second kappa shape index (κ2) is 18.3. The van der Waals surface area contributed by atoms with Gasteiger partial charge < -0.3 is 33.2 Å². The number of aldehydes is 1. The van der Waals surface area contributed by atoms with Gasteiger partial charge in [-0.25, -0.2) is 9.59 Å². The lowest BCUT2D eigenvalue weighted by Gasteiger charge is -2.13. The summed E-state index contributed by atoms with van der Waals surface area (Å²) in [5.74, 6) is -0.205. The van der Waals surface area contributed by atoms with Crippen molar-refractivity contribution in [3.63, 3.8) is 0 Å². The highest BCUT2D eigenvalue weighted by Crippen LogP contribution is 2.30. The van der Waals surface area contributed by atoms with Crippen LogP contribution in [0.3, 0.4) is 0 Å². The molecule has 0 fully saturated rings. The minimum absolute atomic E-state index is 0. The first-order chi connectivity index (χ1) is 16.8. The van der Waals surface area contributed by atoms with Crippen LogP contribution in [0.25, 0.3) is 0 Å². The van der Waals surface area contributed by atoms with Gasteiger partial charge in [-0.15, -0.1) is 0 Å². The zero-order valence-electron chi connectivity index (χ0n) is 20.4. The van der Waals surface area contributed by atoms with Crippen LogP contribution in [0.15, 0.2) is 24.3 Å². The van der Waals surface area contributed by atoms with Crippen LogP contribution >= 0.6 is 0 Å². The van der Waals surface area contributed by atoms with E-state index in [2.05, 4.69) is 9.47 Å². The molecule has 11 heteroatoms. The number of hydrogen-bond acceptors (Lipinski definition) is 11. The summed E-state index contributed by atoms with van der Waals surface area (Å²) in [5.41, 5.74) is 1.86. The van der Waals surface area contributed by atoms with Crippen LogP contribution in [0.1, 0.15) is 57.1 Å². The Kier molecular flexibility index (Phi) is 17.4. The van der Waals surface area contributed by atoms with E-state index in [4.69, 9.17) is 23.7 Å². The molecule has 0 spiro atoms. The molecule has 37 heavy (non-hydrogen) atoms. The molecule has 0 aliphatic heterocycles. The highest BCUT2D eigenvalue weighted by molar-refractivity contribution is 5.97. The normalized spacial score (nSPS) is 9.24. The molecule has 0 bridgehead atoms. The van der Waals surface area contributed by atoms with Crippen LogP contribution in [0.2, 0.25) is 0 Å². The van der Waals surface area contributed by atoms with Crippen LogP contribution in [-0.4, -0.2) is 66.7 Å². The maximum atomic E-state index is 11.7. The number of rotatable bonds is 11. The molecule has 0 aliphatic rings. The number of carbonyl (C=O) groups excluding carboxylic acids is 4. The molecule has 0 N–H and O–H groups in total. The first kappa shape index (κ1) is 35.2. The molecule has 0 aromatic heterocycles. The van der Waals surface area contributed by atoms with E-state index in [9.17, 15) is 19.2 Å². The van der Waals surface area contributed by atoms with Gasteiger partial charge >= 0.3 is 11.9 Å². The van der Waals surface area contributed by atoms with Crippen molar-refractivity contribution < 1.29 is 52.3 Å². The van der Waals surface area contributed by atoms with E-state index < -0.39 is 11.9 Å². The summed E-state index contributed by atoms with van der Waals surface area (Å²) < 4.78 is 34.1. The smallest absolute Gasteiger partial charge is 0.342 e. The minimum atomic E-state index is -0.574. The van der Waals surface area contributed by atoms with E-state index in [0.717, 1.165) is 0 Å². The van der Waals surface area contributed by atoms with E-state index in [1.165, 1.54) is 40.6 Å². The fraction of sp³-hybridized carbons (Fsp3) is 0.385. The lowest BCUT2D eigenvalue weighted by Crippen LogP contribution is -2.10. The Hall–Kier alpha value is -3.96. The summed E-state index contributed by atoms with van der Waals surface area (Å²) >= 11 is 0. The van der Waals surface area contributed by atoms with Crippen LogP contribution in [0, 0.1) is 13.8 Å². The van der Waals surface area contributed by atoms with Crippen molar-refractivity contribution in [1.82, 2.24) is 0 Å². The minimum Gasteiger partial charge on any atom is -0.467 e. The molecule has 0 heterocycles. The third-order valence-electron chi connectivity index (χ3n) is 4.59. The van der Waals surface area contributed by atoms with Gasteiger partial charge in [0.2, 0.25) is 0 Å². The van der Waals surface area contributed by atoms with Crippen molar-refractivity contribution in [3.8, 4) is 17.2 Å². The van der Waals surface area contributed by atoms with Crippen molar-refractivity contribution in [2.75, 3.05) is 42.0 Å². The fourth-order valence-corrected chi connectivity index (χ4v) is 2.87. The quantitative estimate of drug-likeness (QED) is 0.238. The summed E-state index contributed by atoms with van der Waals surface area (Å²) in [6.07, 6.45) is 0.682. The molecular weight excluding hydrogens is 488 g/mol. The van der Waals surface area contributed by atoms with Gasteiger partial charge in [-0.2, -0.15) is 0 Å². The maximum absolute atomic E-state index is 11.7. The van der Waals surface area contributed by atoms with Gasteiger partial charge in [0.15, 0.2) is 13.6 Å². The van der Waals surface area contributed by atoms with E-state index in [1.807, 2.05) is 0 Å². The third kappa shape index (κ3) is 9.54. The molecule has 206 valence electrons. The summed E-state index contributed by atoms with van der Waals surface area (Å²) in [4.78, 5) is 44.5. The topological polar surface area (TPSA) is 133 Å². The van der Waals surface area contributed by atoms with E-state index in [0.29, 0.717) is 40.9 Å². The maximum Gasteiger partial charge on any atom is 0.342 e. The monoisotopic (exact) mass is 524 g/mol. The van der Waals surface area contributed by atoms with Crippen LogP contribution < -0.4 is 14.2 Å². The molecule has 0 saturated heterocycles. The van der Waals surface area contributed by atoms with Gasteiger partial charge in [-0.3, -0.25) is 9.59 Å². The predicted molar refractivity (Wildman–Crippen MR) is 136 cm³/mol. The lowest BCUT2D eigenvalue weighted by atomic mass is 10.0. The largest absolute Gasteiger partial charge is 0.467 e. The molecule has 0 saturated carbocycles. The van der Waals surface area contributed by atoms with Gasteiger partial charge in [0.25, 0.3) is 6.47 Å². The number of ether oxygens (including phenoxy) is 7. The number of benzene rings is 2. The molecule has 0 amide bonds. The zero-order valence-corrected chi connectivity index (χ0v) is 20.4. The van der Waals surface area contributed by atoms with Gasteiger partial charge in [0, 0.05) is 25.3 Å². The first-order valence-corrected chi connectivity index (χ1v) is 10.0. The van der Waals surface area contributed by atoms with Crippen molar-refractivity contribution >= 4 is 24.7 Å². The Balaban J connectivity index is 0. The molecule has 11 nitrogen and oxygen atoms in total. The number of carbonyl (C=O) groups is 4. The highest BCUT2D eigenvalue weighted by atomic mass is 16.7. The van der Waals surface area contributed by atoms with Crippen molar-refractivity contribution in [3.05, 3.63) is 52.1 Å². The van der Waals surface area contributed by atoms with E-state index in [1.54, 1.807) is 26.0 Å². The van der Waals surface area contributed by atoms with Crippen molar-refractivity contribution in [2.45, 2.75) is 28.7 Å². The molecule has 2 aromatic rings. The molecule has 2 aromatic carbocycles. The second-order valence-corrected chi connectivity index (χ2v) is 6.63. The Morgan fingerprint density at radius 1 is 0.703 bits per heavy atom. The zero-order chi connectivity index (χ0) is 26.4. The summed E-state index contributed by atoms with van der Waals surface area (Å²) in [5, 5.41) is 0. The number of methoxy groups -OCH3 is 4. The number of hydrogen-bond donors (Lipinski definition) is 0. The molecule has 2 rings (SSSR count). The Morgan fingerprint density at radius 2 is 1.14 bits per heavy atom. The van der Waals surface area contributed by atoms with Crippen LogP contribution in [0.5, 0.6) is 17.2 Å². The number of esters is 2. The van der Waals surface area contributed by atoms with Crippen molar-refractivity contribution in [2.24, 2.45) is 0 Å². The first-order valence-electron chi connectivity index (χ1n) is 10.0. The molecule has 0 atom stereocenters. The van der Waals surface area contributed by atoms with Gasteiger partial charge in [-0.1, -0.05) is 14.9 Å². The Labute approximate surface area is 217 Å². The van der Waals surface area contributed by atoms with E-state index >= 15 is 0 Å². The predicted octanol–water partition coefficient (Wildman–Crippen LogP) is 4.15. The summed E-state index contributed by atoms with van der Waals surface area (Å²) in [7, 11) is 5.48. The van der Waals surface area contributed by atoms with Gasteiger partial charge in [-0.05, 0) is 43.7 Å². The SMILES string of the molecule is C.C.COCOc1ccc(C=O)c(C)c1C(=O)OC.COCOc1ccc(OC=O)c(C)c1C(=O)OC. The van der Waals surface area contributed by atoms with E-state index in [-0.39, 0.29) is 45.3 Å². The summed E-state index contributed by atoms with van der Waals surface area (Å²) in [6, 6.07) is 6.17. The third-order valence-corrected chi connectivity index (χ3v) is 4.59. The second-order valence-electron chi connectivity index (χ2n) is 6.63. The van der Waals surface area contributed by atoms with Crippen molar-refractivity contribution in [1.29, 1.82) is 0 Å². The average molecular weight is 525 g/mol. The fourth-order valence-electron chi connectivity index (χ4n) is 2.87. The molecule has 0 unspecified atom stereocenters. The highest BCUT2D eigenvalue weighted by Gasteiger charge is 2.20. The molecule has 0 aliphatic carbocycles. The summed E-state index contributed by atoms with van der Waals surface area (Å²) in [6.45, 7) is 3.60. The van der Waals surface area contributed by atoms with Crippen LogP contribution in [0.4, 0.5) is 0 Å². The molecular formula is C26H36O11. The molecule has 0 radical (unpaired) electrons. The Morgan fingerprint density at radius 3 is 1.54 bits per heavy atom. The van der Waals surface area contributed by atoms with Crippen LogP contribution in [-0.2, 0) is 23.7 Å².